The molecule has 8 heteroatoms. The van der Waals surface area contributed by atoms with E-state index in [0.717, 1.165) is 10.8 Å². The molecular weight excluding hydrogens is 462 g/mol. The number of fused-ring (bicyclic) bond motifs is 5. The molecule has 0 saturated carbocycles. The Morgan fingerprint density at radius 3 is 2.25 bits per heavy atom. The predicted octanol–water partition coefficient (Wildman–Crippen LogP) is 4.56. The Hall–Kier alpha value is -4.07. The number of aromatic nitrogens is 1. The molecule has 36 heavy (non-hydrogen) atoms. The number of esters is 2. The number of benzene rings is 3. The molecule has 2 atom stereocenters. The van der Waals surface area contributed by atoms with E-state index in [0.29, 0.717) is 38.9 Å². The third kappa shape index (κ3) is 3.56. The van der Waals surface area contributed by atoms with Crippen LogP contribution in [0.5, 0.6) is 11.5 Å². The molecular formula is C28H27NO7. The Morgan fingerprint density at radius 2 is 1.64 bits per heavy atom. The first-order chi connectivity index (χ1) is 17.0. The number of carbonyl (C=O) groups is 2. The average molecular weight is 490 g/mol. The van der Waals surface area contributed by atoms with Gasteiger partial charge in [-0.1, -0.05) is 24.3 Å². The molecule has 0 radical (unpaired) electrons. The Kier molecular flexibility index (Phi) is 5.43. The number of nitrogens with zero attached hydrogens (tertiary/aromatic N) is 1. The normalized spacial score (nSPS) is 18.5. The third-order valence-electron chi connectivity index (χ3n) is 6.72. The highest BCUT2D eigenvalue weighted by Gasteiger charge is 2.50. The van der Waals surface area contributed by atoms with Gasteiger partial charge in [0.05, 0.1) is 29.1 Å². The third-order valence-corrected chi connectivity index (χ3v) is 6.72. The van der Waals surface area contributed by atoms with Gasteiger partial charge in [-0.05, 0) is 36.8 Å². The fraction of sp³-hybridized carbons (Fsp3) is 0.321. The molecule has 8 nitrogen and oxygen atoms in total. The van der Waals surface area contributed by atoms with Crippen molar-refractivity contribution in [2.24, 2.45) is 7.05 Å². The second-order valence-electron chi connectivity index (χ2n) is 9.58. The highest BCUT2D eigenvalue weighted by atomic mass is 16.6. The zero-order valence-corrected chi connectivity index (χ0v) is 21.0. The van der Waals surface area contributed by atoms with Gasteiger partial charge in [0.2, 0.25) is 5.43 Å². The van der Waals surface area contributed by atoms with E-state index < -0.39 is 29.7 Å². The molecule has 0 fully saturated rings. The van der Waals surface area contributed by atoms with Gasteiger partial charge in [0.1, 0.15) is 17.1 Å². The largest absolute Gasteiger partial charge is 0.496 e. The fourth-order valence-corrected chi connectivity index (χ4v) is 5.21. The first-order valence-electron chi connectivity index (χ1n) is 11.6. The lowest BCUT2D eigenvalue weighted by molar-refractivity contribution is -0.187. The van der Waals surface area contributed by atoms with Crippen LogP contribution in [0.15, 0.2) is 47.3 Å². The van der Waals surface area contributed by atoms with Crippen molar-refractivity contribution in [3.05, 3.63) is 58.3 Å². The van der Waals surface area contributed by atoms with Crippen LogP contribution in [-0.4, -0.2) is 35.3 Å². The van der Waals surface area contributed by atoms with Gasteiger partial charge in [0.15, 0.2) is 12.2 Å². The van der Waals surface area contributed by atoms with E-state index in [9.17, 15) is 14.4 Å². The minimum Gasteiger partial charge on any atom is -0.496 e. The summed E-state index contributed by atoms with van der Waals surface area (Å²) in [6, 6.07) is 13.3. The standard InChI is InChI=1S/C28H27NO7/c1-14(30)34-26-23-21(36-28(3,4)27(26)35-15(2)31)13-20(33-6)22-24(23)29(5)19-12-17-10-8-7-9-16(17)11-18(19)25(22)32/h7-13,26-27H,1-6H3/t26-,27+/m1/s1. The molecule has 1 aromatic heterocycles. The average Bonchev–Trinajstić information content (AvgIpc) is 2.82. The van der Waals surface area contributed by atoms with Gasteiger partial charge in [-0.3, -0.25) is 14.4 Å². The Bertz CT molecular complexity index is 1630. The van der Waals surface area contributed by atoms with E-state index >= 15 is 0 Å². The van der Waals surface area contributed by atoms with E-state index in [2.05, 4.69) is 0 Å². The van der Waals surface area contributed by atoms with Gasteiger partial charge in [-0.15, -0.1) is 0 Å². The minimum atomic E-state index is -1.04. The van der Waals surface area contributed by atoms with Crippen LogP contribution in [0.3, 0.4) is 0 Å². The highest BCUT2D eigenvalue weighted by Crippen LogP contribution is 2.49. The summed E-state index contributed by atoms with van der Waals surface area (Å²) in [6.45, 7) is 6.08. The number of methoxy groups -OCH3 is 1. The summed E-state index contributed by atoms with van der Waals surface area (Å²) < 4.78 is 25.3. The Morgan fingerprint density at radius 1 is 1.00 bits per heavy atom. The van der Waals surface area contributed by atoms with Crippen LogP contribution in [0, 0.1) is 0 Å². The number of ether oxygens (including phenoxy) is 4. The summed E-state index contributed by atoms with van der Waals surface area (Å²) in [7, 11) is 3.33. The predicted molar refractivity (Wildman–Crippen MR) is 136 cm³/mol. The van der Waals surface area contributed by atoms with Crippen molar-refractivity contribution in [1.82, 2.24) is 4.57 Å². The van der Waals surface area contributed by atoms with E-state index in [1.165, 1.54) is 21.0 Å². The molecule has 0 amide bonds. The quantitative estimate of drug-likeness (QED) is 0.308. The molecule has 1 aliphatic rings. The topological polar surface area (TPSA) is 93.1 Å². The summed E-state index contributed by atoms with van der Waals surface area (Å²) in [5, 5.41) is 2.77. The van der Waals surface area contributed by atoms with Crippen LogP contribution in [0.25, 0.3) is 32.6 Å². The fourth-order valence-electron chi connectivity index (χ4n) is 5.21. The van der Waals surface area contributed by atoms with Gasteiger partial charge >= 0.3 is 11.9 Å². The van der Waals surface area contributed by atoms with Crippen LogP contribution in [0.4, 0.5) is 0 Å². The maximum Gasteiger partial charge on any atom is 0.303 e. The van der Waals surface area contributed by atoms with Crippen LogP contribution in [0.2, 0.25) is 0 Å². The molecule has 4 aromatic rings. The number of rotatable bonds is 3. The highest BCUT2D eigenvalue weighted by molar-refractivity contribution is 6.04. The van der Waals surface area contributed by atoms with Gasteiger partial charge in [-0.25, -0.2) is 0 Å². The number of aryl methyl sites for hydroxylation is 1. The lowest BCUT2D eigenvalue weighted by Gasteiger charge is -2.43. The number of carbonyl (C=O) groups excluding carboxylic acids is 2. The Labute approximate surface area is 207 Å². The van der Waals surface area contributed by atoms with Crippen LogP contribution >= 0.6 is 0 Å². The molecule has 1 aliphatic heterocycles. The SMILES string of the molecule is COc1cc2c(c3c1c(=O)c1cc4ccccc4cc1n3C)[C@@H](OC(C)=O)[C@H](OC(C)=O)C(C)(C)O2. The maximum absolute atomic E-state index is 13.9. The van der Waals surface area contributed by atoms with Crippen molar-refractivity contribution in [3.8, 4) is 11.5 Å². The molecule has 0 spiro atoms. The summed E-state index contributed by atoms with van der Waals surface area (Å²) in [5.41, 5.74) is 0.358. The molecule has 5 rings (SSSR count). The first kappa shape index (κ1) is 23.7. The first-order valence-corrected chi connectivity index (χ1v) is 11.6. The zero-order valence-electron chi connectivity index (χ0n) is 21.0. The summed E-state index contributed by atoms with van der Waals surface area (Å²) in [5.74, 6) is -0.376. The van der Waals surface area contributed by atoms with Gasteiger partial charge in [0.25, 0.3) is 0 Å². The number of pyridine rings is 1. The number of hydrogen-bond donors (Lipinski definition) is 0. The van der Waals surface area contributed by atoms with E-state index in [-0.39, 0.29) is 5.43 Å². The molecule has 0 N–H and O–H groups in total. The van der Waals surface area contributed by atoms with E-state index in [1.807, 2.05) is 48.0 Å². The second kappa shape index (κ2) is 8.26. The maximum atomic E-state index is 13.9. The smallest absolute Gasteiger partial charge is 0.303 e. The summed E-state index contributed by atoms with van der Waals surface area (Å²) >= 11 is 0. The zero-order chi connectivity index (χ0) is 25.9. The van der Waals surface area contributed by atoms with Crippen molar-refractivity contribution in [1.29, 1.82) is 0 Å². The van der Waals surface area contributed by atoms with Gasteiger partial charge in [-0.2, -0.15) is 0 Å². The van der Waals surface area contributed by atoms with Gasteiger partial charge in [0, 0.05) is 32.3 Å². The molecule has 186 valence electrons. The minimum absolute atomic E-state index is 0.223. The van der Waals surface area contributed by atoms with Crippen LogP contribution in [-0.2, 0) is 26.1 Å². The second-order valence-corrected chi connectivity index (χ2v) is 9.58. The molecule has 0 saturated heterocycles. The summed E-state index contributed by atoms with van der Waals surface area (Å²) in [6.07, 6.45) is -1.97. The lowest BCUT2D eigenvalue weighted by Crippen LogP contribution is -2.52. The molecule has 2 heterocycles. The lowest BCUT2D eigenvalue weighted by atomic mass is 9.86. The monoisotopic (exact) mass is 489 g/mol. The van der Waals surface area contributed by atoms with E-state index in [4.69, 9.17) is 18.9 Å². The van der Waals surface area contributed by atoms with Crippen molar-refractivity contribution in [2.45, 2.75) is 45.5 Å². The van der Waals surface area contributed by atoms with E-state index in [1.54, 1.807) is 19.9 Å². The molecule has 3 aromatic carbocycles. The number of hydrogen-bond acceptors (Lipinski definition) is 7. The summed E-state index contributed by atoms with van der Waals surface area (Å²) in [4.78, 5) is 38.2. The Balaban J connectivity index is 1.96. The van der Waals surface area contributed by atoms with Crippen LogP contribution in [0.1, 0.15) is 39.4 Å². The molecule has 0 aliphatic carbocycles. The van der Waals surface area contributed by atoms with Crippen molar-refractivity contribution in [3.63, 3.8) is 0 Å². The van der Waals surface area contributed by atoms with Crippen molar-refractivity contribution >= 4 is 44.5 Å². The van der Waals surface area contributed by atoms with Crippen molar-refractivity contribution < 1.29 is 28.5 Å². The van der Waals surface area contributed by atoms with Crippen molar-refractivity contribution in [2.75, 3.05) is 7.11 Å². The molecule has 0 unspecified atom stereocenters. The van der Waals surface area contributed by atoms with Gasteiger partial charge < -0.3 is 23.5 Å². The van der Waals surface area contributed by atoms with Crippen LogP contribution < -0.4 is 14.9 Å². The molecule has 0 bridgehead atoms.